The summed E-state index contributed by atoms with van der Waals surface area (Å²) in [6.07, 6.45) is -2.93. The number of nitrogens with zero attached hydrogens (tertiary/aromatic N) is 6. The fourth-order valence-electron chi connectivity index (χ4n) is 4.15. The first-order valence-corrected chi connectivity index (χ1v) is 12.1. The molecule has 0 saturated heterocycles. The smallest absolute Gasteiger partial charge is 0.361 e. The van der Waals surface area contributed by atoms with E-state index in [-0.39, 0.29) is 50.7 Å². The largest absolute Gasteiger partial charge is 0.461 e. The second-order valence-corrected chi connectivity index (χ2v) is 8.09. The van der Waals surface area contributed by atoms with Gasteiger partial charge in [0.15, 0.2) is 11.4 Å². The molecule has 3 rings (SSSR count). The molecule has 2 N–H and O–H groups in total. The molecule has 0 aliphatic heterocycles. The third-order valence-electron chi connectivity index (χ3n) is 5.75. The van der Waals surface area contributed by atoms with E-state index in [1.807, 2.05) is 0 Å². The third-order valence-corrected chi connectivity index (χ3v) is 5.75. The molecule has 16 heteroatoms. The van der Waals surface area contributed by atoms with E-state index in [2.05, 4.69) is 20.6 Å². The van der Waals surface area contributed by atoms with Crippen molar-refractivity contribution in [3.05, 3.63) is 22.8 Å². The molecule has 1 aliphatic rings. The lowest BCUT2D eigenvalue weighted by atomic mass is 9.86. The Kier molecular flexibility index (Phi) is 9.46. The van der Waals surface area contributed by atoms with Crippen LogP contribution in [-0.4, -0.2) is 103 Å². The maximum absolute atomic E-state index is 12.8. The van der Waals surface area contributed by atoms with E-state index in [1.54, 1.807) is 27.7 Å². The topological polar surface area (TPSA) is 207 Å². The van der Waals surface area contributed by atoms with Gasteiger partial charge in [-0.05, 0) is 34.1 Å². The van der Waals surface area contributed by atoms with Crippen molar-refractivity contribution in [1.29, 1.82) is 0 Å². The zero-order valence-corrected chi connectivity index (χ0v) is 21.4. The number of carbonyl (C=O) groups is 4. The SMILES string of the molecule is CCOC(=O)c1nnn(C2CC(n3nnc(C(=O)OCC)c3C(=O)OCC)C(O)CC2O)c1C(=O)OCC. The first-order valence-electron chi connectivity index (χ1n) is 12.1. The van der Waals surface area contributed by atoms with Crippen molar-refractivity contribution in [3.63, 3.8) is 0 Å². The maximum atomic E-state index is 12.8. The molecule has 1 saturated carbocycles. The second kappa shape index (κ2) is 12.6. The van der Waals surface area contributed by atoms with Crippen molar-refractivity contribution in [1.82, 2.24) is 30.0 Å². The molecule has 2 aromatic heterocycles. The lowest BCUT2D eigenvalue weighted by Gasteiger charge is -2.37. The molecule has 16 nitrogen and oxygen atoms in total. The average Bonchev–Trinajstić information content (AvgIpc) is 3.50. The number of esters is 4. The summed E-state index contributed by atoms with van der Waals surface area (Å²) in [6.45, 7) is 6.29. The number of aliphatic hydroxyl groups is 2. The van der Waals surface area contributed by atoms with Crippen LogP contribution < -0.4 is 0 Å². The van der Waals surface area contributed by atoms with Crippen LogP contribution in [0.1, 0.15) is 94.6 Å². The highest BCUT2D eigenvalue weighted by Crippen LogP contribution is 2.37. The monoisotopic (exact) mass is 538 g/mol. The molecule has 0 aromatic carbocycles. The molecule has 2 aromatic rings. The molecule has 1 aliphatic carbocycles. The highest BCUT2D eigenvalue weighted by Gasteiger charge is 2.44. The Hall–Kier alpha value is -3.92. The lowest BCUT2D eigenvalue weighted by Crippen LogP contribution is -2.43. The summed E-state index contributed by atoms with van der Waals surface area (Å²) in [4.78, 5) is 50.4. The maximum Gasteiger partial charge on any atom is 0.361 e. The van der Waals surface area contributed by atoms with Gasteiger partial charge in [0.1, 0.15) is 0 Å². The zero-order valence-electron chi connectivity index (χ0n) is 21.4. The molecule has 38 heavy (non-hydrogen) atoms. The molecule has 0 radical (unpaired) electrons. The van der Waals surface area contributed by atoms with Crippen LogP contribution in [0.3, 0.4) is 0 Å². The molecule has 1 fully saturated rings. The van der Waals surface area contributed by atoms with Gasteiger partial charge < -0.3 is 29.2 Å². The highest BCUT2D eigenvalue weighted by atomic mass is 16.5. The van der Waals surface area contributed by atoms with Crippen LogP contribution in [0.2, 0.25) is 0 Å². The Labute approximate surface area is 216 Å². The number of hydrogen-bond donors (Lipinski definition) is 2. The fourth-order valence-corrected chi connectivity index (χ4v) is 4.15. The van der Waals surface area contributed by atoms with Crippen molar-refractivity contribution in [2.45, 2.75) is 64.8 Å². The van der Waals surface area contributed by atoms with Crippen molar-refractivity contribution >= 4 is 23.9 Å². The molecule has 4 atom stereocenters. The third kappa shape index (κ3) is 5.65. The van der Waals surface area contributed by atoms with E-state index < -0.39 is 59.6 Å². The van der Waals surface area contributed by atoms with E-state index in [4.69, 9.17) is 18.9 Å². The van der Waals surface area contributed by atoms with Crippen LogP contribution in [0.4, 0.5) is 0 Å². The van der Waals surface area contributed by atoms with Crippen LogP contribution in [0, 0.1) is 0 Å². The summed E-state index contributed by atoms with van der Waals surface area (Å²) in [6, 6.07) is -2.08. The molecule has 2 heterocycles. The van der Waals surface area contributed by atoms with Crippen LogP contribution in [-0.2, 0) is 18.9 Å². The second-order valence-electron chi connectivity index (χ2n) is 8.09. The van der Waals surface area contributed by atoms with Gasteiger partial charge in [0.05, 0.1) is 50.7 Å². The number of hydrogen-bond acceptors (Lipinski definition) is 14. The van der Waals surface area contributed by atoms with Gasteiger partial charge in [0, 0.05) is 6.42 Å². The van der Waals surface area contributed by atoms with Crippen molar-refractivity contribution in [2.75, 3.05) is 26.4 Å². The van der Waals surface area contributed by atoms with Gasteiger partial charge in [-0.15, -0.1) is 10.2 Å². The summed E-state index contributed by atoms with van der Waals surface area (Å²) >= 11 is 0. The summed E-state index contributed by atoms with van der Waals surface area (Å²) in [5.41, 5.74) is -1.50. The van der Waals surface area contributed by atoms with Crippen molar-refractivity contribution in [2.24, 2.45) is 0 Å². The minimum Gasteiger partial charge on any atom is -0.461 e. The molecule has 0 bridgehead atoms. The van der Waals surface area contributed by atoms with E-state index in [0.717, 1.165) is 9.36 Å². The molecule has 208 valence electrons. The molecular formula is C22H30N6O10. The number of carbonyl (C=O) groups excluding carboxylic acids is 4. The summed E-state index contributed by atoms with van der Waals surface area (Å²) in [7, 11) is 0. The Balaban J connectivity index is 2.07. The fraction of sp³-hybridized carbons (Fsp3) is 0.636. The molecule has 0 amide bonds. The zero-order chi connectivity index (χ0) is 28.0. The van der Waals surface area contributed by atoms with E-state index >= 15 is 0 Å². The van der Waals surface area contributed by atoms with Crippen LogP contribution in [0.15, 0.2) is 0 Å². The Bertz CT molecular complexity index is 1090. The van der Waals surface area contributed by atoms with Gasteiger partial charge in [0.2, 0.25) is 11.4 Å². The Morgan fingerprint density at radius 1 is 0.658 bits per heavy atom. The Morgan fingerprint density at radius 3 is 1.34 bits per heavy atom. The van der Waals surface area contributed by atoms with E-state index in [1.165, 1.54) is 0 Å². The first-order chi connectivity index (χ1) is 18.2. The van der Waals surface area contributed by atoms with Gasteiger partial charge in [-0.25, -0.2) is 28.5 Å². The van der Waals surface area contributed by atoms with Crippen LogP contribution in [0.5, 0.6) is 0 Å². The normalized spacial score (nSPS) is 21.0. The summed E-state index contributed by atoms with van der Waals surface area (Å²) < 4.78 is 22.1. The number of aromatic nitrogens is 6. The molecule has 0 spiro atoms. The first kappa shape index (κ1) is 28.6. The minimum atomic E-state index is -1.26. The van der Waals surface area contributed by atoms with Crippen molar-refractivity contribution < 1.29 is 48.3 Å². The van der Waals surface area contributed by atoms with Gasteiger partial charge in [-0.2, -0.15) is 0 Å². The molecule has 4 unspecified atom stereocenters. The van der Waals surface area contributed by atoms with Crippen LogP contribution in [0.25, 0.3) is 0 Å². The van der Waals surface area contributed by atoms with Gasteiger partial charge in [0.25, 0.3) is 0 Å². The van der Waals surface area contributed by atoms with Gasteiger partial charge >= 0.3 is 23.9 Å². The quantitative estimate of drug-likeness (QED) is 0.298. The standard InChI is InChI=1S/C22H30N6O10/c1-5-35-19(31)15-17(21(33)37-7-3)27(25-23-15)11-9-12(14(30)10-13(11)29)28-18(22(34)38-8-4)16(24-26-28)20(32)36-6-2/h11-14,29-30H,5-10H2,1-4H3. The van der Waals surface area contributed by atoms with Crippen molar-refractivity contribution in [3.8, 4) is 0 Å². The predicted molar refractivity (Wildman–Crippen MR) is 123 cm³/mol. The lowest BCUT2D eigenvalue weighted by molar-refractivity contribution is -0.0338. The highest BCUT2D eigenvalue weighted by molar-refractivity contribution is 6.01. The van der Waals surface area contributed by atoms with Gasteiger partial charge in [-0.3, -0.25) is 0 Å². The predicted octanol–water partition coefficient (Wildman–Crippen LogP) is -0.126. The number of aliphatic hydroxyl groups excluding tert-OH is 2. The average molecular weight is 539 g/mol. The van der Waals surface area contributed by atoms with E-state index in [9.17, 15) is 29.4 Å². The summed E-state index contributed by atoms with van der Waals surface area (Å²) in [5, 5.41) is 37.1. The molecular weight excluding hydrogens is 508 g/mol. The van der Waals surface area contributed by atoms with E-state index in [0.29, 0.717) is 0 Å². The number of rotatable bonds is 10. The summed E-state index contributed by atoms with van der Waals surface area (Å²) in [5.74, 6) is -3.67. The van der Waals surface area contributed by atoms with Crippen LogP contribution >= 0.6 is 0 Å². The van der Waals surface area contributed by atoms with Gasteiger partial charge in [-0.1, -0.05) is 10.4 Å². The number of ether oxygens (including phenoxy) is 4. The minimum absolute atomic E-state index is 0.0139. The Morgan fingerprint density at radius 2 is 1.00 bits per heavy atom.